The monoisotopic (exact) mass is 354 g/mol. The lowest BCUT2D eigenvalue weighted by molar-refractivity contribution is -0.140. The summed E-state index contributed by atoms with van der Waals surface area (Å²) in [5.74, 6) is 1.40. The number of rotatable bonds is 2. The van der Waals surface area contributed by atoms with E-state index in [9.17, 15) is 4.79 Å². The third-order valence-corrected chi connectivity index (χ3v) is 5.48. The van der Waals surface area contributed by atoms with Gasteiger partial charge in [0, 0.05) is 43.2 Å². The highest BCUT2D eigenvalue weighted by Crippen LogP contribution is 2.26. The van der Waals surface area contributed by atoms with Crippen LogP contribution in [-0.4, -0.2) is 60.2 Å². The minimum Gasteiger partial charge on any atom is -0.378 e. The first-order valence-corrected chi connectivity index (χ1v) is 9.48. The van der Waals surface area contributed by atoms with Crippen LogP contribution in [0, 0.1) is 19.8 Å². The molecule has 138 valence electrons. The molecule has 0 spiro atoms. The third kappa shape index (κ3) is 3.38. The molecule has 4 heterocycles. The molecule has 0 N–H and O–H groups in total. The Morgan fingerprint density at radius 3 is 2.54 bits per heavy atom. The number of amides is 1. The fraction of sp³-hybridized carbons (Fsp3) is 0.550. The molecule has 0 bridgehead atoms. The topological polar surface area (TPSA) is 58.6 Å². The zero-order valence-corrected chi connectivity index (χ0v) is 15.6. The molecular weight excluding hydrogens is 328 g/mol. The Hall–Kier alpha value is -2.21. The lowest BCUT2D eigenvalue weighted by Gasteiger charge is -2.36. The lowest BCUT2D eigenvalue weighted by atomic mass is 9.95. The van der Waals surface area contributed by atoms with E-state index < -0.39 is 0 Å². The molecule has 2 aromatic heterocycles. The average Bonchev–Trinajstić information content (AvgIpc) is 2.67. The maximum absolute atomic E-state index is 12.7. The van der Waals surface area contributed by atoms with Crippen molar-refractivity contribution in [3.05, 3.63) is 29.5 Å². The highest BCUT2D eigenvalue weighted by Gasteiger charge is 2.29. The summed E-state index contributed by atoms with van der Waals surface area (Å²) in [4.78, 5) is 26.3. The van der Waals surface area contributed by atoms with Gasteiger partial charge in [0.2, 0.25) is 5.91 Å². The average molecular weight is 354 g/mol. The molecule has 2 aliphatic rings. The first kappa shape index (κ1) is 17.2. The van der Waals surface area contributed by atoms with Gasteiger partial charge in [-0.05, 0) is 50.5 Å². The van der Waals surface area contributed by atoms with Crippen molar-refractivity contribution in [3.8, 4) is 0 Å². The Labute approximate surface area is 154 Å². The van der Waals surface area contributed by atoms with E-state index in [1.807, 2.05) is 11.8 Å². The van der Waals surface area contributed by atoms with E-state index in [0.717, 1.165) is 61.6 Å². The smallest absolute Gasteiger partial charge is 0.225 e. The van der Waals surface area contributed by atoms with Crippen LogP contribution in [0.25, 0.3) is 11.0 Å². The van der Waals surface area contributed by atoms with Gasteiger partial charge in [0.15, 0.2) is 5.65 Å². The molecule has 0 radical (unpaired) electrons. The number of anilines is 1. The van der Waals surface area contributed by atoms with Crippen molar-refractivity contribution < 1.29 is 9.53 Å². The van der Waals surface area contributed by atoms with E-state index in [2.05, 4.69) is 35.0 Å². The number of ether oxygens (including phenoxy) is 1. The summed E-state index contributed by atoms with van der Waals surface area (Å²) in [6.45, 7) is 8.62. The Bertz CT molecular complexity index is 809. The number of carbonyl (C=O) groups excluding carboxylic acids is 1. The highest BCUT2D eigenvalue weighted by molar-refractivity contribution is 5.81. The minimum absolute atomic E-state index is 0.132. The predicted octanol–water partition coefficient (Wildman–Crippen LogP) is 2.32. The van der Waals surface area contributed by atoms with Crippen LogP contribution in [0.1, 0.15) is 24.1 Å². The molecule has 0 aliphatic carbocycles. The van der Waals surface area contributed by atoms with Gasteiger partial charge < -0.3 is 14.5 Å². The van der Waals surface area contributed by atoms with Crippen LogP contribution in [0.5, 0.6) is 0 Å². The van der Waals surface area contributed by atoms with Gasteiger partial charge in [0.25, 0.3) is 0 Å². The summed E-state index contributed by atoms with van der Waals surface area (Å²) < 4.78 is 5.35. The van der Waals surface area contributed by atoms with Crippen LogP contribution in [0.4, 0.5) is 5.82 Å². The molecule has 6 heteroatoms. The quantitative estimate of drug-likeness (QED) is 0.828. The number of piperidine rings is 1. The lowest BCUT2D eigenvalue weighted by Crippen LogP contribution is -2.46. The Morgan fingerprint density at radius 2 is 1.81 bits per heavy atom. The summed E-state index contributed by atoms with van der Waals surface area (Å²) in [6, 6.07) is 6.29. The van der Waals surface area contributed by atoms with Gasteiger partial charge in [-0.25, -0.2) is 9.97 Å². The first-order chi connectivity index (χ1) is 12.6. The van der Waals surface area contributed by atoms with Gasteiger partial charge in [-0.2, -0.15) is 0 Å². The molecular formula is C20H26N4O2. The van der Waals surface area contributed by atoms with Crippen LogP contribution in [0.3, 0.4) is 0 Å². The maximum atomic E-state index is 12.7. The van der Waals surface area contributed by atoms with Crippen molar-refractivity contribution in [1.29, 1.82) is 0 Å². The van der Waals surface area contributed by atoms with Crippen LogP contribution >= 0.6 is 0 Å². The number of hydrogen-bond acceptors (Lipinski definition) is 5. The van der Waals surface area contributed by atoms with Gasteiger partial charge in [0.05, 0.1) is 13.2 Å². The van der Waals surface area contributed by atoms with Crippen LogP contribution < -0.4 is 4.90 Å². The van der Waals surface area contributed by atoms with Gasteiger partial charge in [-0.15, -0.1) is 0 Å². The number of aromatic nitrogens is 2. The van der Waals surface area contributed by atoms with Gasteiger partial charge in [0.1, 0.15) is 5.82 Å². The van der Waals surface area contributed by atoms with Crippen LogP contribution in [0.2, 0.25) is 0 Å². The van der Waals surface area contributed by atoms with Gasteiger partial charge in [-0.3, -0.25) is 4.79 Å². The molecule has 2 saturated heterocycles. The second-order valence-corrected chi connectivity index (χ2v) is 7.32. The Morgan fingerprint density at radius 1 is 1.08 bits per heavy atom. The molecule has 0 unspecified atom stereocenters. The van der Waals surface area contributed by atoms with Crippen molar-refractivity contribution in [2.24, 2.45) is 5.92 Å². The van der Waals surface area contributed by atoms with E-state index in [-0.39, 0.29) is 5.92 Å². The minimum atomic E-state index is 0.132. The molecule has 26 heavy (non-hydrogen) atoms. The molecule has 2 fully saturated rings. The number of hydrogen-bond donors (Lipinski definition) is 0. The zero-order chi connectivity index (χ0) is 18.1. The van der Waals surface area contributed by atoms with E-state index >= 15 is 0 Å². The van der Waals surface area contributed by atoms with Crippen molar-refractivity contribution in [1.82, 2.24) is 14.9 Å². The van der Waals surface area contributed by atoms with Crippen LogP contribution in [-0.2, 0) is 9.53 Å². The first-order valence-electron chi connectivity index (χ1n) is 9.48. The fourth-order valence-electron chi connectivity index (χ4n) is 4.00. The summed E-state index contributed by atoms with van der Waals surface area (Å²) in [6.07, 6.45) is 1.77. The number of fused-ring (bicyclic) bond motifs is 1. The number of aryl methyl sites for hydroxylation is 2. The van der Waals surface area contributed by atoms with E-state index in [0.29, 0.717) is 19.1 Å². The zero-order valence-electron chi connectivity index (χ0n) is 15.6. The highest BCUT2D eigenvalue weighted by atomic mass is 16.5. The van der Waals surface area contributed by atoms with Gasteiger partial charge >= 0.3 is 0 Å². The molecule has 2 aliphatic heterocycles. The second kappa shape index (κ2) is 7.19. The summed E-state index contributed by atoms with van der Waals surface area (Å²) in [7, 11) is 0. The molecule has 6 nitrogen and oxygen atoms in total. The summed E-state index contributed by atoms with van der Waals surface area (Å²) in [5, 5.41) is 1.11. The largest absolute Gasteiger partial charge is 0.378 e. The molecule has 0 aromatic carbocycles. The fourth-order valence-corrected chi connectivity index (χ4v) is 4.00. The number of morpholine rings is 1. The normalized spacial score (nSPS) is 19.2. The number of nitrogens with zero attached hydrogens (tertiary/aromatic N) is 4. The van der Waals surface area contributed by atoms with Crippen molar-refractivity contribution in [2.75, 3.05) is 44.3 Å². The van der Waals surface area contributed by atoms with E-state index in [4.69, 9.17) is 9.72 Å². The molecule has 0 saturated carbocycles. The number of carbonyl (C=O) groups is 1. The number of pyridine rings is 2. The van der Waals surface area contributed by atoms with E-state index in [1.54, 1.807) is 0 Å². The third-order valence-electron chi connectivity index (χ3n) is 5.48. The van der Waals surface area contributed by atoms with Gasteiger partial charge in [-0.1, -0.05) is 0 Å². The van der Waals surface area contributed by atoms with Crippen molar-refractivity contribution in [2.45, 2.75) is 26.7 Å². The Balaban J connectivity index is 1.44. The van der Waals surface area contributed by atoms with Crippen molar-refractivity contribution in [3.63, 3.8) is 0 Å². The predicted molar refractivity (Wildman–Crippen MR) is 101 cm³/mol. The molecule has 1 amide bonds. The SMILES string of the molecule is Cc1cc(C)c2ccc(N3CCC(C(=O)N4CCOCC4)CC3)nc2n1. The molecule has 0 atom stereocenters. The summed E-state index contributed by atoms with van der Waals surface area (Å²) in [5.41, 5.74) is 3.02. The standard InChI is InChI=1S/C20H26N4O2/c1-14-13-15(2)21-19-17(14)3-4-18(22-19)23-7-5-16(6-8-23)20(25)24-9-11-26-12-10-24/h3-4,13,16H,5-12H2,1-2H3. The summed E-state index contributed by atoms with van der Waals surface area (Å²) >= 11 is 0. The molecule has 4 rings (SSSR count). The molecule has 2 aromatic rings. The van der Waals surface area contributed by atoms with Crippen molar-refractivity contribution >= 4 is 22.8 Å². The van der Waals surface area contributed by atoms with E-state index in [1.165, 1.54) is 5.56 Å². The Kier molecular flexibility index (Phi) is 4.76. The maximum Gasteiger partial charge on any atom is 0.225 e. The second-order valence-electron chi connectivity index (χ2n) is 7.32. The van der Waals surface area contributed by atoms with Crippen LogP contribution in [0.15, 0.2) is 18.2 Å².